The van der Waals surface area contributed by atoms with Crippen LogP contribution in [0.25, 0.3) is 0 Å². The van der Waals surface area contributed by atoms with Crippen molar-refractivity contribution in [1.29, 1.82) is 0 Å². The average Bonchev–Trinajstić information content (AvgIpc) is 2.60. The Bertz CT molecular complexity index is 705. The van der Waals surface area contributed by atoms with Crippen LogP contribution >= 0.6 is 0 Å². The van der Waals surface area contributed by atoms with Crippen molar-refractivity contribution in [3.8, 4) is 0 Å². The summed E-state index contributed by atoms with van der Waals surface area (Å²) in [7, 11) is 1.19. The number of carbonyl (C=O) groups is 4. The molecule has 0 bridgehead atoms. The number of fused-ring (bicyclic) bond motifs is 1. The molecule has 2 heterocycles. The van der Waals surface area contributed by atoms with E-state index in [1.165, 1.54) is 18.1 Å². The standard InChI is InChI=1S/C18H24N2O7/c1-6-9-26-16(23)13-10(15(22)25-5)7-8-11-12(14(21)20(11)13)19-17(24)27-18(2,3)4/h6,11-12H,1,7-9H2,2-5H3,(H,19,24)/t11-,12-/m0/s1. The van der Waals surface area contributed by atoms with Gasteiger partial charge in [0.15, 0.2) is 0 Å². The van der Waals surface area contributed by atoms with Gasteiger partial charge >= 0.3 is 18.0 Å². The number of hydrogen-bond acceptors (Lipinski definition) is 7. The van der Waals surface area contributed by atoms with E-state index in [9.17, 15) is 19.2 Å². The summed E-state index contributed by atoms with van der Waals surface area (Å²) in [5.74, 6) is -2.03. The number of alkyl carbamates (subject to hydrolysis) is 1. The maximum Gasteiger partial charge on any atom is 0.408 e. The molecule has 9 nitrogen and oxygen atoms in total. The largest absolute Gasteiger partial charge is 0.466 e. The molecule has 0 radical (unpaired) electrons. The van der Waals surface area contributed by atoms with Crippen LogP contribution in [-0.2, 0) is 28.6 Å². The Morgan fingerprint density at radius 2 is 1.96 bits per heavy atom. The number of nitrogens with one attached hydrogen (secondary N) is 1. The lowest BCUT2D eigenvalue weighted by Crippen LogP contribution is -2.72. The van der Waals surface area contributed by atoms with E-state index >= 15 is 0 Å². The van der Waals surface area contributed by atoms with Gasteiger partial charge in [-0.05, 0) is 33.6 Å². The molecule has 0 unspecified atom stereocenters. The third-order valence-electron chi connectivity index (χ3n) is 4.07. The third kappa shape index (κ3) is 4.29. The number of ether oxygens (including phenoxy) is 3. The van der Waals surface area contributed by atoms with Gasteiger partial charge in [-0.3, -0.25) is 9.69 Å². The van der Waals surface area contributed by atoms with Crippen LogP contribution in [0.4, 0.5) is 4.79 Å². The molecule has 0 aromatic heterocycles. The fourth-order valence-corrected chi connectivity index (χ4v) is 3.01. The molecule has 1 saturated heterocycles. The second kappa shape index (κ2) is 7.81. The van der Waals surface area contributed by atoms with E-state index in [2.05, 4.69) is 11.9 Å². The monoisotopic (exact) mass is 380 g/mol. The summed E-state index contributed by atoms with van der Waals surface area (Å²) in [6, 6.07) is -1.30. The van der Waals surface area contributed by atoms with Crippen LogP contribution in [0.3, 0.4) is 0 Å². The van der Waals surface area contributed by atoms with Crippen molar-refractivity contribution in [2.45, 2.75) is 51.3 Å². The van der Waals surface area contributed by atoms with Crippen LogP contribution in [0.5, 0.6) is 0 Å². The third-order valence-corrected chi connectivity index (χ3v) is 4.07. The molecule has 2 amide bonds. The maximum absolute atomic E-state index is 12.6. The van der Waals surface area contributed by atoms with Crippen LogP contribution in [0.15, 0.2) is 23.9 Å². The highest BCUT2D eigenvalue weighted by Gasteiger charge is 2.54. The summed E-state index contributed by atoms with van der Waals surface area (Å²) in [4.78, 5) is 50.1. The zero-order valence-electron chi connectivity index (χ0n) is 15.9. The average molecular weight is 380 g/mol. The van der Waals surface area contributed by atoms with Crippen LogP contribution in [0.2, 0.25) is 0 Å². The number of carbonyl (C=O) groups excluding carboxylic acids is 4. The lowest BCUT2D eigenvalue weighted by atomic mass is 9.83. The van der Waals surface area contributed by atoms with E-state index in [4.69, 9.17) is 14.2 Å². The van der Waals surface area contributed by atoms with E-state index < -0.39 is 41.6 Å². The quantitative estimate of drug-likeness (QED) is 0.328. The molecule has 0 aromatic carbocycles. The molecule has 2 atom stereocenters. The van der Waals surface area contributed by atoms with Crippen molar-refractivity contribution in [1.82, 2.24) is 10.2 Å². The van der Waals surface area contributed by atoms with E-state index in [-0.39, 0.29) is 24.3 Å². The minimum atomic E-state index is -0.832. The molecule has 0 aliphatic carbocycles. The van der Waals surface area contributed by atoms with Crippen molar-refractivity contribution in [3.05, 3.63) is 23.9 Å². The van der Waals surface area contributed by atoms with Gasteiger partial charge in [0.1, 0.15) is 23.9 Å². The first kappa shape index (κ1) is 20.5. The smallest absolute Gasteiger partial charge is 0.408 e. The van der Waals surface area contributed by atoms with Gasteiger partial charge < -0.3 is 19.5 Å². The molecule has 27 heavy (non-hydrogen) atoms. The molecule has 2 aliphatic heterocycles. The topological polar surface area (TPSA) is 111 Å². The fourth-order valence-electron chi connectivity index (χ4n) is 3.01. The maximum atomic E-state index is 12.6. The highest BCUT2D eigenvalue weighted by Crippen LogP contribution is 2.37. The lowest BCUT2D eigenvalue weighted by Gasteiger charge is -2.49. The van der Waals surface area contributed by atoms with Gasteiger partial charge in [-0.15, -0.1) is 0 Å². The SMILES string of the molecule is C=CCOC(=O)C1=C(C(=O)OC)CC[C@H]2[C@H](NC(=O)OC(C)(C)C)C(=O)N12. The molecule has 1 fully saturated rings. The number of nitrogens with zero attached hydrogens (tertiary/aromatic N) is 1. The summed E-state index contributed by atoms with van der Waals surface area (Å²) < 4.78 is 14.9. The number of β-lactam (4-membered cyclic amide) rings is 1. The Balaban J connectivity index is 2.22. The number of amides is 2. The highest BCUT2D eigenvalue weighted by atomic mass is 16.6. The molecule has 148 valence electrons. The van der Waals surface area contributed by atoms with Crippen molar-refractivity contribution < 1.29 is 33.4 Å². The zero-order chi connectivity index (χ0) is 20.4. The van der Waals surface area contributed by atoms with Gasteiger partial charge in [0, 0.05) is 0 Å². The summed E-state index contributed by atoms with van der Waals surface area (Å²) in [5, 5.41) is 2.52. The minimum absolute atomic E-state index is 0.0664. The first-order valence-corrected chi connectivity index (χ1v) is 8.52. The van der Waals surface area contributed by atoms with E-state index in [1.807, 2.05) is 0 Å². The van der Waals surface area contributed by atoms with Gasteiger partial charge in [-0.2, -0.15) is 0 Å². The van der Waals surface area contributed by atoms with E-state index in [0.717, 1.165) is 0 Å². The Hall–Kier alpha value is -2.84. The molecule has 0 saturated carbocycles. The normalized spacial score (nSPS) is 21.6. The fraction of sp³-hybridized carbons (Fsp3) is 0.556. The first-order valence-electron chi connectivity index (χ1n) is 8.52. The van der Waals surface area contributed by atoms with Crippen molar-refractivity contribution in [2.24, 2.45) is 0 Å². The van der Waals surface area contributed by atoms with Crippen LogP contribution in [-0.4, -0.2) is 60.2 Å². The predicted molar refractivity (Wildman–Crippen MR) is 93.2 cm³/mol. The predicted octanol–water partition coefficient (Wildman–Crippen LogP) is 1.04. The molecular formula is C18H24N2O7. The van der Waals surface area contributed by atoms with Crippen LogP contribution in [0, 0.1) is 0 Å². The van der Waals surface area contributed by atoms with Crippen molar-refractivity contribution >= 4 is 23.9 Å². The van der Waals surface area contributed by atoms with Gasteiger partial charge in [-0.25, -0.2) is 14.4 Å². The molecule has 9 heteroatoms. The van der Waals surface area contributed by atoms with Gasteiger partial charge in [0.05, 0.1) is 18.7 Å². The second-order valence-corrected chi connectivity index (χ2v) is 7.14. The Morgan fingerprint density at radius 1 is 1.30 bits per heavy atom. The van der Waals surface area contributed by atoms with E-state index in [0.29, 0.717) is 6.42 Å². The second-order valence-electron chi connectivity index (χ2n) is 7.14. The molecule has 2 aliphatic rings. The minimum Gasteiger partial charge on any atom is -0.466 e. The Labute approximate surface area is 157 Å². The van der Waals surface area contributed by atoms with E-state index in [1.54, 1.807) is 20.8 Å². The molecule has 0 spiro atoms. The molecule has 1 N–H and O–H groups in total. The number of methoxy groups -OCH3 is 1. The lowest BCUT2D eigenvalue weighted by molar-refractivity contribution is -0.156. The van der Waals surface area contributed by atoms with Gasteiger partial charge in [0.25, 0.3) is 5.91 Å². The van der Waals surface area contributed by atoms with Crippen molar-refractivity contribution in [3.63, 3.8) is 0 Å². The molecule has 0 aromatic rings. The Morgan fingerprint density at radius 3 is 2.52 bits per heavy atom. The number of rotatable bonds is 5. The highest BCUT2D eigenvalue weighted by molar-refractivity contribution is 6.06. The van der Waals surface area contributed by atoms with Crippen molar-refractivity contribution in [2.75, 3.05) is 13.7 Å². The van der Waals surface area contributed by atoms with Crippen LogP contribution in [0.1, 0.15) is 33.6 Å². The first-order chi connectivity index (χ1) is 12.6. The number of hydrogen-bond donors (Lipinski definition) is 1. The Kier molecular flexibility index (Phi) is 5.92. The summed E-state index contributed by atoms with van der Waals surface area (Å²) in [6.45, 7) is 8.52. The van der Waals surface area contributed by atoms with Crippen LogP contribution < -0.4 is 5.32 Å². The summed E-state index contributed by atoms with van der Waals surface area (Å²) in [6.07, 6.45) is 1.25. The molecular weight excluding hydrogens is 356 g/mol. The summed E-state index contributed by atoms with van der Waals surface area (Å²) in [5.41, 5.74) is -0.778. The summed E-state index contributed by atoms with van der Waals surface area (Å²) >= 11 is 0. The molecule has 2 rings (SSSR count). The van der Waals surface area contributed by atoms with Gasteiger partial charge in [0.2, 0.25) is 0 Å². The number of esters is 2. The van der Waals surface area contributed by atoms with Gasteiger partial charge in [-0.1, -0.05) is 12.7 Å². The zero-order valence-corrected chi connectivity index (χ0v) is 15.9.